The Bertz CT molecular complexity index is 894. The fourth-order valence-electron chi connectivity index (χ4n) is 2.39. The summed E-state index contributed by atoms with van der Waals surface area (Å²) in [6, 6.07) is 22.0. The van der Waals surface area contributed by atoms with Gasteiger partial charge in [-0.05, 0) is 71.4 Å². The number of hydrogen-bond acceptors (Lipinski definition) is 3. The van der Waals surface area contributed by atoms with Gasteiger partial charge in [0.2, 0.25) is 0 Å². The van der Waals surface area contributed by atoms with Crippen LogP contribution in [0.1, 0.15) is 17.3 Å². The zero-order chi connectivity index (χ0) is 18.4. The van der Waals surface area contributed by atoms with Gasteiger partial charge >= 0.3 is 0 Å². The quantitative estimate of drug-likeness (QED) is 0.549. The van der Waals surface area contributed by atoms with E-state index in [1.807, 2.05) is 67.6 Å². The molecular formula is C21H18BrNO3. The van der Waals surface area contributed by atoms with Crippen LogP contribution in [0.5, 0.6) is 17.2 Å². The lowest BCUT2D eigenvalue weighted by Gasteiger charge is -2.13. The molecule has 3 rings (SSSR count). The molecule has 0 fully saturated rings. The van der Waals surface area contributed by atoms with E-state index in [1.54, 1.807) is 12.1 Å². The molecule has 132 valence electrons. The third-order valence-electron chi connectivity index (χ3n) is 3.62. The molecule has 1 amide bonds. The summed E-state index contributed by atoms with van der Waals surface area (Å²) in [6.07, 6.45) is 0. The van der Waals surface area contributed by atoms with Crippen LogP contribution in [0.2, 0.25) is 0 Å². The fraction of sp³-hybridized carbons (Fsp3) is 0.0952. The van der Waals surface area contributed by atoms with E-state index in [2.05, 4.69) is 21.2 Å². The Morgan fingerprint density at radius 1 is 0.923 bits per heavy atom. The van der Waals surface area contributed by atoms with Gasteiger partial charge in [-0.25, -0.2) is 0 Å². The molecule has 0 unspecified atom stereocenters. The molecule has 0 aromatic heterocycles. The Morgan fingerprint density at radius 2 is 1.58 bits per heavy atom. The van der Waals surface area contributed by atoms with E-state index in [0.717, 1.165) is 10.2 Å². The van der Waals surface area contributed by atoms with Crippen LogP contribution in [0.25, 0.3) is 0 Å². The molecule has 0 heterocycles. The molecule has 0 saturated carbocycles. The van der Waals surface area contributed by atoms with Crippen molar-refractivity contribution in [3.8, 4) is 17.2 Å². The average molecular weight is 412 g/mol. The fourth-order valence-corrected chi connectivity index (χ4v) is 2.86. The summed E-state index contributed by atoms with van der Waals surface area (Å²) in [5.74, 6) is 1.81. The molecular weight excluding hydrogens is 394 g/mol. The number of para-hydroxylation sites is 2. The summed E-state index contributed by atoms with van der Waals surface area (Å²) in [5.41, 5.74) is 1.16. The standard InChI is InChI=1S/C21H18BrNO3/c1-2-25-15-11-13-16(14-12-15)26-20-10-6-5-9-19(20)23-21(24)17-7-3-4-8-18(17)22/h3-14H,2H2,1H3,(H,23,24). The molecule has 0 atom stereocenters. The second-order valence-electron chi connectivity index (χ2n) is 5.44. The van der Waals surface area contributed by atoms with Crippen molar-refractivity contribution in [1.82, 2.24) is 0 Å². The first-order valence-electron chi connectivity index (χ1n) is 8.23. The maximum Gasteiger partial charge on any atom is 0.256 e. The molecule has 0 aliphatic carbocycles. The first kappa shape index (κ1) is 18.0. The average Bonchev–Trinajstić information content (AvgIpc) is 2.65. The summed E-state index contributed by atoms with van der Waals surface area (Å²) in [6.45, 7) is 2.55. The van der Waals surface area contributed by atoms with Gasteiger partial charge in [-0.3, -0.25) is 4.79 Å². The third kappa shape index (κ3) is 4.43. The first-order chi connectivity index (χ1) is 12.7. The van der Waals surface area contributed by atoms with Gasteiger partial charge in [0.1, 0.15) is 11.5 Å². The van der Waals surface area contributed by atoms with Crippen LogP contribution in [0.15, 0.2) is 77.3 Å². The SMILES string of the molecule is CCOc1ccc(Oc2ccccc2NC(=O)c2ccccc2Br)cc1. The highest BCUT2D eigenvalue weighted by molar-refractivity contribution is 9.10. The molecule has 0 aliphatic rings. The Labute approximate surface area is 160 Å². The summed E-state index contributed by atoms with van der Waals surface area (Å²) < 4.78 is 12.1. The lowest BCUT2D eigenvalue weighted by Crippen LogP contribution is -2.13. The van der Waals surface area contributed by atoms with Crippen molar-refractivity contribution in [2.45, 2.75) is 6.92 Å². The van der Waals surface area contributed by atoms with Gasteiger partial charge < -0.3 is 14.8 Å². The number of carbonyl (C=O) groups excluding carboxylic acids is 1. The summed E-state index contributed by atoms with van der Waals surface area (Å²) in [5, 5.41) is 2.90. The van der Waals surface area contributed by atoms with Gasteiger partial charge in [0.15, 0.2) is 5.75 Å². The number of nitrogens with one attached hydrogen (secondary N) is 1. The highest BCUT2D eigenvalue weighted by Gasteiger charge is 2.12. The zero-order valence-electron chi connectivity index (χ0n) is 14.2. The van der Waals surface area contributed by atoms with Gasteiger partial charge in [-0.1, -0.05) is 24.3 Å². The number of anilines is 1. The van der Waals surface area contributed by atoms with Crippen LogP contribution in [0.3, 0.4) is 0 Å². The van der Waals surface area contributed by atoms with Crippen molar-refractivity contribution < 1.29 is 14.3 Å². The molecule has 5 heteroatoms. The zero-order valence-corrected chi connectivity index (χ0v) is 15.8. The number of rotatable bonds is 6. The van der Waals surface area contributed by atoms with E-state index >= 15 is 0 Å². The molecule has 4 nitrogen and oxygen atoms in total. The van der Waals surface area contributed by atoms with E-state index in [1.165, 1.54) is 0 Å². The van der Waals surface area contributed by atoms with Crippen LogP contribution >= 0.6 is 15.9 Å². The Hall–Kier alpha value is -2.79. The van der Waals surface area contributed by atoms with Gasteiger partial charge in [-0.2, -0.15) is 0 Å². The Kier molecular flexibility index (Phi) is 5.92. The Morgan fingerprint density at radius 3 is 2.31 bits per heavy atom. The predicted octanol–water partition coefficient (Wildman–Crippen LogP) is 5.89. The van der Waals surface area contributed by atoms with E-state index in [9.17, 15) is 4.79 Å². The van der Waals surface area contributed by atoms with Crippen LogP contribution in [0.4, 0.5) is 5.69 Å². The molecule has 26 heavy (non-hydrogen) atoms. The molecule has 3 aromatic rings. The number of hydrogen-bond donors (Lipinski definition) is 1. The number of carbonyl (C=O) groups is 1. The van der Waals surface area contributed by atoms with Gasteiger partial charge in [0.05, 0.1) is 17.9 Å². The largest absolute Gasteiger partial charge is 0.494 e. The van der Waals surface area contributed by atoms with Gasteiger partial charge in [-0.15, -0.1) is 0 Å². The minimum atomic E-state index is -0.208. The minimum Gasteiger partial charge on any atom is -0.494 e. The second kappa shape index (κ2) is 8.54. The van der Waals surface area contributed by atoms with Crippen LogP contribution in [-0.2, 0) is 0 Å². The topological polar surface area (TPSA) is 47.6 Å². The summed E-state index contributed by atoms with van der Waals surface area (Å²) >= 11 is 3.40. The monoisotopic (exact) mass is 411 g/mol. The van der Waals surface area contributed by atoms with Crippen molar-refractivity contribution >= 4 is 27.5 Å². The first-order valence-corrected chi connectivity index (χ1v) is 9.02. The van der Waals surface area contributed by atoms with Crippen molar-refractivity contribution in [2.75, 3.05) is 11.9 Å². The molecule has 1 N–H and O–H groups in total. The van der Waals surface area contributed by atoms with E-state index in [-0.39, 0.29) is 5.91 Å². The maximum atomic E-state index is 12.5. The highest BCUT2D eigenvalue weighted by Crippen LogP contribution is 2.31. The highest BCUT2D eigenvalue weighted by atomic mass is 79.9. The number of amides is 1. The predicted molar refractivity (Wildman–Crippen MR) is 106 cm³/mol. The van der Waals surface area contributed by atoms with Crippen molar-refractivity contribution in [2.24, 2.45) is 0 Å². The van der Waals surface area contributed by atoms with Crippen LogP contribution in [0, 0.1) is 0 Å². The molecule has 0 aliphatic heterocycles. The normalized spacial score (nSPS) is 10.2. The summed E-state index contributed by atoms with van der Waals surface area (Å²) in [7, 11) is 0. The van der Waals surface area contributed by atoms with Crippen molar-refractivity contribution in [1.29, 1.82) is 0 Å². The number of benzene rings is 3. The second-order valence-corrected chi connectivity index (χ2v) is 6.29. The number of halogens is 1. The van der Waals surface area contributed by atoms with E-state index < -0.39 is 0 Å². The lowest BCUT2D eigenvalue weighted by molar-refractivity contribution is 0.102. The van der Waals surface area contributed by atoms with Crippen molar-refractivity contribution in [3.63, 3.8) is 0 Å². The van der Waals surface area contributed by atoms with Crippen molar-refractivity contribution in [3.05, 3.63) is 82.8 Å². The molecule has 0 spiro atoms. The minimum absolute atomic E-state index is 0.208. The Balaban J connectivity index is 1.78. The van der Waals surface area contributed by atoms with Gasteiger partial charge in [0.25, 0.3) is 5.91 Å². The molecule has 0 radical (unpaired) electrons. The van der Waals surface area contributed by atoms with Gasteiger partial charge in [0, 0.05) is 4.47 Å². The third-order valence-corrected chi connectivity index (χ3v) is 4.31. The maximum absolute atomic E-state index is 12.5. The molecule has 0 saturated heterocycles. The molecule has 0 bridgehead atoms. The van der Waals surface area contributed by atoms with E-state index in [4.69, 9.17) is 9.47 Å². The number of ether oxygens (including phenoxy) is 2. The van der Waals surface area contributed by atoms with E-state index in [0.29, 0.717) is 29.4 Å². The summed E-state index contributed by atoms with van der Waals surface area (Å²) in [4.78, 5) is 12.5. The van der Waals surface area contributed by atoms with Crippen LogP contribution < -0.4 is 14.8 Å². The van der Waals surface area contributed by atoms with Crippen LogP contribution in [-0.4, -0.2) is 12.5 Å². The molecule has 3 aromatic carbocycles. The smallest absolute Gasteiger partial charge is 0.256 e. The lowest BCUT2D eigenvalue weighted by atomic mass is 10.2.